The maximum Gasteiger partial charge on any atom is 0.142 e. The number of carbonyl (C=O) groups excluding carboxylic acids is 1. The van der Waals surface area contributed by atoms with Crippen molar-refractivity contribution in [2.45, 2.75) is 12.3 Å². The van der Waals surface area contributed by atoms with Crippen molar-refractivity contribution in [2.24, 2.45) is 0 Å². The molecule has 0 amide bonds. The van der Waals surface area contributed by atoms with E-state index in [1.54, 1.807) is 13.2 Å². The normalized spacial score (nSPS) is 14.4. The van der Waals surface area contributed by atoms with Crippen LogP contribution in [0.25, 0.3) is 0 Å². The van der Waals surface area contributed by atoms with E-state index in [4.69, 9.17) is 4.74 Å². The number of benzene rings is 1. The number of para-hydroxylation sites is 1. The Morgan fingerprint density at radius 3 is 2.62 bits per heavy atom. The standard InChI is InChI=1S/C14H16O2/c1-4-14(2,10-7-11-15)12-8-5-6-9-13(12)16-3/h4-11H,1H2,2-3H3/b10-7+/t14-/m1/s1. The molecule has 84 valence electrons. The molecule has 0 saturated heterocycles. The van der Waals surface area contributed by atoms with E-state index in [0.717, 1.165) is 17.6 Å². The van der Waals surface area contributed by atoms with Crippen molar-refractivity contribution in [3.8, 4) is 5.75 Å². The van der Waals surface area contributed by atoms with Gasteiger partial charge in [0.1, 0.15) is 12.0 Å². The predicted octanol–water partition coefficient (Wildman–Crippen LogP) is 2.89. The molecule has 0 fully saturated rings. The summed E-state index contributed by atoms with van der Waals surface area (Å²) >= 11 is 0. The van der Waals surface area contributed by atoms with Crippen LogP contribution in [0.3, 0.4) is 0 Å². The van der Waals surface area contributed by atoms with Crippen molar-refractivity contribution in [1.82, 2.24) is 0 Å². The summed E-state index contributed by atoms with van der Waals surface area (Å²) in [5.41, 5.74) is 0.596. The highest BCUT2D eigenvalue weighted by molar-refractivity contribution is 5.66. The zero-order valence-electron chi connectivity index (χ0n) is 9.64. The Labute approximate surface area is 96.2 Å². The summed E-state index contributed by atoms with van der Waals surface area (Å²) in [6.45, 7) is 5.80. The van der Waals surface area contributed by atoms with Gasteiger partial charge in [-0.1, -0.05) is 30.4 Å². The molecule has 2 heteroatoms. The molecule has 0 N–H and O–H groups in total. The van der Waals surface area contributed by atoms with Gasteiger partial charge in [0, 0.05) is 11.0 Å². The van der Waals surface area contributed by atoms with Gasteiger partial charge in [-0.2, -0.15) is 0 Å². The lowest BCUT2D eigenvalue weighted by Gasteiger charge is -2.24. The van der Waals surface area contributed by atoms with E-state index in [2.05, 4.69) is 6.58 Å². The van der Waals surface area contributed by atoms with Gasteiger partial charge < -0.3 is 4.74 Å². The van der Waals surface area contributed by atoms with Crippen LogP contribution < -0.4 is 4.74 Å². The molecule has 0 aromatic heterocycles. The Balaban J connectivity index is 3.26. The molecule has 16 heavy (non-hydrogen) atoms. The Morgan fingerprint density at radius 2 is 2.06 bits per heavy atom. The molecule has 0 spiro atoms. The van der Waals surface area contributed by atoms with Gasteiger partial charge in [-0.25, -0.2) is 0 Å². The highest BCUT2D eigenvalue weighted by atomic mass is 16.5. The van der Waals surface area contributed by atoms with Crippen LogP contribution in [0.2, 0.25) is 0 Å². The SMILES string of the molecule is C=C[C@](C)(/C=C/C=O)c1ccccc1OC. The fraction of sp³-hybridized carbons (Fsp3) is 0.214. The lowest BCUT2D eigenvalue weighted by Crippen LogP contribution is -2.16. The number of carbonyl (C=O) groups is 1. The molecule has 0 unspecified atom stereocenters. The highest BCUT2D eigenvalue weighted by Gasteiger charge is 2.22. The molecular weight excluding hydrogens is 200 g/mol. The zero-order valence-corrected chi connectivity index (χ0v) is 9.64. The molecule has 0 saturated carbocycles. The van der Waals surface area contributed by atoms with Gasteiger partial charge in [0.2, 0.25) is 0 Å². The van der Waals surface area contributed by atoms with Gasteiger partial charge in [0.15, 0.2) is 0 Å². The van der Waals surface area contributed by atoms with Crippen LogP contribution in [0.1, 0.15) is 12.5 Å². The lowest BCUT2D eigenvalue weighted by atomic mass is 9.81. The zero-order chi connectivity index (χ0) is 12.0. The largest absolute Gasteiger partial charge is 0.496 e. The lowest BCUT2D eigenvalue weighted by molar-refractivity contribution is -0.104. The van der Waals surface area contributed by atoms with Crippen molar-refractivity contribution in [2.75, 3.05) is 7.11 Å². The first-order valence-electron chi connectivity index (χ1n) is 5.08. The van der Waals surface area contributed by atoms with Gasteiger partial charge in [-0.15, -0.1) is 6.58 Å². The van der Waals surface area contributed by atoms with Crippen LogP contribution in [-0.4, -0.2) is 13.4 Å². The minimum absolute atomic E-state index is 0.395. The number of methoxy groups -OCH3 is 1. The molecule has 0 bridgehead atoms. The van der Waals surface area contributed by atoms with E-state index in [-0.39, 0.29) is 0 Å². The van der Waals surface area contributed by atoms with Crippen molar-refractivity contribution < 1.29 is 9.53 Å². The second kappa shape index (κ2) is 5.31. The van der Waals surface area contributed by atoms with E-state index >= 15 is 0 Å². The van der Waals surface area contributed by atoms with Crippen molar-refractivity contribution in [3.63, 3.8) is 0 Å². The summed E-state index contributed by atoms with van der Waals surface area (Å²) in [4.78, 5) is 10.4. The second-order valence-electron chi connectivity index (χ2n) is 3.68. The summed E-state index contributed by atoms with van der Waals surface area (Å²) in [6.07, 6.45) is 5.85. The van der Waals surface area contributed by atoms with Crippen LogP contribution in [0.4, 0.5) is 0 Å². The first kappa shape index (κ1) is 12.2. The molecule has 0 aliphatic rings. The maximum atomic E-state index is 10.4. The van der Waals surface area contributed by atoms with Crippen molar-refractivity contribution in [3.05, 3.63) is 54.6 Å². The Morgan fingerprint density at radius 1 is 1.38 bits per heavy atom. The van der Waals surface area contributed by atoms with Crippen LogP contribution >= 0.6 is 0 Å². The highest BCUT2D eigenvalue weighted by Crippen LogP contribution is 2.33. The maximum absolute atomic E-state index is 10.4. The Kier molecular flexibility index (Phi) is 4.06. The van der Waals surface area contributed by atoms with Gasteiger partial charge in [-0.05, 0) is 19.1 Å². The van der Waals surface area contributed by atoms with Gasteiger partial charge in [-0.3, -0.25) is 4.79 Å². The minimum Gasteiger partial charge on any atom is -0.496 e. The van der Waals surface area contributed by atoms with E-state index in [9.17, 15) is 4.79 Å². The molecule has 0 heterocycles. The monoisotopic (exact) mass is 216 g/mol. The van der Waals surface area contributed by atoms with E-state index < -0.39 is 5.41 Å². The first-order valence-corrected chi connectivity index (χ1v) is 5.08. The minimum atomic E-state index is -0.395. The molecule has 2 nitrogen and oxygen atoms in total. The third-order valence-electron chi connectivity index (χ3n) is 2.63. The molecular formula is C14H16O2. The van der Waals surface area contributed by atoms with Crippen LogP contribution in [-0.2, 0) is 10.2 Å². The van der Waals surface area contributed by atoms with E-state index in [0.29, 0.717) is 0 Å². The summed E-state index contributed by atoms with van der Waals surface area (Å²) < 4.78 is 5.30. The quantitative estimate of drug-likeness (QED) is 0.430. The van der Waals surface area contributed by atoms with Gasteiger partial charge in [0.05, 0.1) is 7.11 Å². The molecule has 1 rings (SSSR count). The first-order chi connectivity index (χ1) is 7.68. The fourth-order valence-corrected chi connectivity index (χ4v) is 1.60. The number of rotatable bonds is 5. The molecule has 0 radical (unpaired) electrons. The Hall–Kier alpha value is -1.83. The number of ether oxygens (including phenoxy) is 1. The average Bonchev–Trinajstić information content (AvgIpc) is 2.36. The summed E-state index contributed by atoms with van der Waals surface area (Å²) in [5.74, 6) is 0.792. The summed E-state index contributed by atoms with van der Waals surface area (Å²) in [6, 6.07) is 7.71. The van der Waals surface area contributed by atoms with Crippen LogP contribution in [0.15, 0.2) is 49.1 Å². The van der Waals surface area contributed by atoms with E-state index in [1.807, 2.05) is 37.3 Å². The third-order valence-corrected chi connectivity index (χ3v) is 2.63. The number of hydrogen-bond acceptors (Lipinski definition) is 2. The van der Waals surface area contributed by atoms with Gasteiger partial charge >= 0.3 is 0 Å². The van der Waals surface area contributed by atoms with Gasteiger partial charge in [0.25, 0.3) is 0 Å². The number of hydrogen-bond donors (Lipinski definition) is 0. The molecule has 0 aliphatic heterocycles. The fourth-order valence-electron chi connectivity index (χ4n) is 1.60. The smallest absolute Gasteiger partial charge is 0.142 e. The predicted molar refractivity (Wildman–Crippen MR) is 65.7 cm³/mol. The third kappa shape index (κ3) is 2.40. The van der Waals surface area contributed by atoms with Crippen LogP contribution in [0.5, 0.6) is 5.75 Å². The average molecular weight is 216 g/mol. The topological polar surface area (TPSA) is 26.3 Å². The second-order valence-corrected chi connectivity index (χ2v) is 3.68. The number of allylic oxidation sites excluding steroid dienone is 3. The summed E-state index contributed by atoms with van der Waals surface area (Å²) in [7, 11) is 1.63. The molecule has 1 atom stereocenters. The van der Waals surface area contributed by atoms with E-state index in [1.165, 1.54) is 6.08 Å². The van der Waals surface area contributed by atoms with Crippen molar-refractivity contribution >= 4 is 6.29 Å². The summed E-state index contributed by atoms with van der Waals surface area (Å²) in [5, 5.41) is 0. The number of aldehydes is 1. The Bertz CT molecular complexity index is 407. The molecule has 1 aromatic rings. The van der Waals surface area contributed by atoms with Crippen molar-refractivity contribution in [1.29, 1.82) is 0 Å². The van der Waals surface area contributed by atoms with Crippen LogP contribution in [0, 0.1) is 0 Å². The molecule has 1 aromatic carbocycles. The molecule has 0 aliphatic carbocycles.